The van der Waals surface area contributed by atoms with Crippen LogP contribution in [-0.4, -0.2) is 61.7 Å². The number of ether oxygens (including phenoxy) is 1. The van der Waals surface area contributed by atoms with Gasteiger partial charge in [0.25, 0.3) is 0 Å². The highest BCUT2D eigenvalue weighted by Crippen LogP contribution is 2.34. The minimum absolute atomic E-state index is 0. The second-order valence-corrected chi connectivity index (χ2v) is 10.2. The van der Waals surface area contributed by atoms with Crippen molar-refractivity contribution in [3.63, 3.8) is 0 Å². The lowest BCUT2D eigenvalue weighted by Crippen LogP contribution is -2.46. The molecule has 0 aromatic rings. The zero-order valence-corrected chi connectivity index (χ0v) is 21.7. The van der Waals surface area contributed by atoms with Gasteiger partial charge in [-0.1, -0.05) is 33.6 Å². The number of nitrogens with one attached hydrogen (secondary N) is 2. The molecule has 0 aromatic carbocycles. The first-order chi connectivity index (χ1) is 13.9. The lowest BCUT2D eigenvalue weighted by atomic mass is 9.78. The average Bonchev–Trinajstić information content (AvgIpc) is 3.37. The van der Waals surface area contributed by atoms with Gasteiger partial charge in [-0.3, -0.25) is 9.79 Å². The predicted molar refractivity (Wildman–Crippen MR) is 133 cm³/mol. The Bertz CT molecular complexity index is 572. The van der Waals surface area contributed by atoms with E-state index in [1.165, 1.54) is 19.3 Å². The second-order valence-electron chi connectivity index (χ2n) is 10.2. The van der Waals surface area contributed by atoms with Crippen LogP contribution in [0.15, 0.2) is 4.99 Å². The van der Waals surface area contributed by atoms with Gasteiger partial charge < -0.3 is 20.3 Å². The number of rotatable bonds is 5. The van der Waals surface area contributed by atoms with Gasteiger partial charge in [-0.25, -0.2) is 0 Å². The molecule has 6 nitrogen and oxygen atoms in total. The molecular weight excluding hydrogens is 491 g/mol. The summed E-state index contributed by atoms with van der Waals surface area (Å²) in [5.41, 5.74) is 0.138. The number of nitrogens with zero attached hydrogens (tertiary/aromatic N) is 2. The van der Waals surface area contributed by atoms with E-state index in [-0.39, 0.29) is 41.4 Å². The van der Waals surface area contributed by atoms with Crippen molar-refractivity contribution in [1.82, 2.24) is 15.5 Å². The van der Waals surface area contributed by atoms with E-state index < -0.39 is 0 Å². The third kappa shape index (κ3) is 6.97. The quantitative estimate of drug-likeness (QED) is 0.320. The molecule has 7 heteroatoms. The molecular formula is C23H43IN4O2. The fourth-order valence-corrected chi connectivity index (χ4v) is 5.22. The summed E-state index contributed by atoms with van der Waals surface area (Å²) in [6.07, 6.45) is 8.14. The molecule has 3 unspecified atom stereocenters. The largest absolute Gasteiger partial charge is 0.377 e. The molecule has 0 radical (unpaired) electrons. The van der Waals surface area contributed by atoms with Crippen molar-refractivity contribution in [2.75, 3.05) is 32.8 Å². The van der Waals surface area contributed by atoms with E-state index in [9.17, 15) is 4.79 Å². The van der Waals surface area contributed by atoms with E-state index in [1.54, 1.807) is 0 Å². The molecule has 2 aliphatic heterocycles. The van der Waals surface area contributed by atoms with Crippen LogP contribution >= 0.6 is 24.0 Å². The molecule has 1 amide bonds. The van der Waals surface area contributed by atoms with Crippen LogP contribution in [0.4, 0.5) is 0 Å². The van der Waals surface area contributed by atoms with Gasteiger partial charge in [-0.15, -0.1) is 24.0 Å². The SMILES string of the molecule is CCNC(=NCC1CCCOC1C(C)(C)C)NC1CCN(C(=O)C2CCCC2)C1.I. The van der Waals surface area contributed by atoms with E-state index in [0.29, 0.717) is 17.9 Å². The van der Waals surface area contributed by atoms with Crippen LogP contribution in [0.3, 0.4) is 0 Å². The number of likely N-dealkylation sites (tertiary alicyclic amines) is 1. The van der Waals surface area contributed by atoms with Crippen LogP contribution in [-0.2, 0) is 9.53 Å². The molecule has 2 N–H and O–H groups in total. The monoisotopic (exact) mass is 534 g/mol. The summed E-state index contributed by atoms with van der Waals surface area (Å²) in [5, 5.41) is 6.99. The Hall–Kier alpha value is -0.570. The van der Waals surface area contributed by atoms with Crippen LogP contribution < -0.4 is 10.6 Å². The molecule has 0 spiro atoms. The Morgan fingerprint density at radius 3 is 2.53 bits per heavy atom. The van der Waals surface area contributed by atoms with Crippen molar-refractivity contribution in [2.45, 2.75) is 84.8 Å². The summed E-state index contributed by atoms with van der Waals surface area (Å²) >= 11 is 0. The predicted octanol–water partition coefficient (Wildman–Crippen LogP) is 3.79. The Morgan fingerprint density at radius 1 is 1.13 bits per heavy atom. The molecule has 3 atom stereocenters. The van der Waals surface area contributed by atoms with Gasteiger partial charge in [0.1, 0.15) is 0 Å². The fourth-order valence-electron chi connectivity index (χ4n) is 5.22. The lowest BCUT2D eigenvalue weighted by Gasteiger charge is -2.39. The van der Waals surface area contributed by atoms with E-state index >= 15 is 0 Å². The Morgan fingerprint density at radius 2 is 1.87 bits per heavy atom. The first kappa shape index (κ1) is 25.7. The molecule has 2 heterocycles. The fraction of sp³-hybridized carbons (Fsp3) is 0.913. The highest BCUT2D eigenvalue weighted by Gasteiger charge is 2.36. The van der Waals surface area contributed by atoms with Gasteiger partial charge in [0, 0.05) is 50.7 Å². The maximum atomic E-state index is 12.7. The number of guanidine groups is 1. The number of amides is 1. The van der Waals surface area contributed by atoms with Gasteiger partial charge >= 0.3 is 0 Å². The molecule has 30 heavy (non-hydrogen) atoms. The van der Waals surface area contributed by atoms with Crippen molar-refractivity contribution >= 4 is 35.8 Å². The zero-order valence-electron chi connectivity index (χ0n) is 19.4. The topological polar surface area (TPSA) is 66.0 Å². The summed E-state index contributed by atoms with van der Waals surface area (Å²) in [6, 6.07) is 0.291. The van der Waals surface area contributed by atoms with Crippen molar-refractivity contribution in [3.8, 4) is 0 Å². The van der Waals surface area contributed by atoms with Gasteiger partial charge in [-0.05, 0) is 44.4 Å². The van der Waals surface area contributed by atoms with E-state index in [0.717, 1.165) is 64.4 Å². The summed E-state index contributed by atoms with van der Waals surface area (Å²) in [5.74, 6) is 1.99. The number of aliphatic imine (C=N–C) groups is 1. The van der Waals surface area contributed by atoms with Crippen molar-refractivity contribution in [2.24, 2.45) is 22.2 Å². The molecule has 1 saturated carbocycles. The summed E-state index contributed by atoms with van der Waals surface area (Å²) in [7, 11) is 0. The van der Waals surface area contributed by atoms with Gasteiger partial charge in [0.2, 0.25) is 5.91 Å². The highest BCUT2D eigenvalue weighted by molar-refractivity contribution is 14.0. The maximum absolute atomic E-state index is 12.7. The minimum atomic E-state index is 0. The van der Waals surface area contributed by atoms with Crippen molar-refractivity contribution < 1.29 is 9.53 Å². The Balaban J connectivity index is 0.00000320. The van der Waals surface area contributed by atoms with E-state index in [4.69, 9.17) is 9.73 Å². The van der Waals surface area contributed by atoms with E-state index in [1.807, 2.05) is 0 Å². The van der Waals surface area contributed by atoms with Crippen molar-refractivity contribution in [3.05, 3.63) is 0 Å². The first-order valence-corrected chi connectivity index (χ1v) is 11.8. The number of halogens is 1. The number of hydrogen-bond acceptors (Lipinski definition) is 3. The van der Waals surface area contributed by atoms with Gasteiger partial charge in [0.15, 0.2) is 5.96 Å². The smallest absolute Gasteiger partial charge is 0.225 e. The van der Waals surface area contributed by atoms with Crippen LogP contribution in [0.1, 0.15) is 72.6 Å². The second kappa shape index (κ2) is 11.9. The Kier molecular flexibility index (Phi) is 10.2. The van der Waals surface area contributed by atoms with E-state index in [2.05, 4.69) is 43.2 Å². The van der Waals surface area contributed by atoms with Gasteiger partial charge in [0.05, 0.1) is 6.10 Å². The zero-order chi connectivity index (χ0) is 20.9. The molecule has 174 valence electrons. The first-order valence-electron chi connectivity index (χ1n) is 11.8. The summed E-state index contributed by atoms with van der Waals surface area (Å²) in [4.78, 5) is 19.7. The molecule has 2 saturated heterocycles. The van der Waals surface area contributed by atoms with Crippen LogP contribution in [0.2, 0.25) is 0 Å². The highest BCUT2D eigenvalue weighted by atomic mass is 127. The van der Waals surface area contributed by atoms with Gasteiger partial charge in [-0.2, -0.15) is 0 Å². The number of carbonyl (C=O) groups excluding carboxylic acids is 1. The summed E-state index contributed by atoms with van der Waals surface area (Å²) < 4.78 is 6.12. The third-order valence-electron chi connectivity index (χ3n) is 6.67. The molecule has 0 bridgehead atoms. The molecule has 1 aliphatic carbocycles. The molecule has 3 rings (SSSR count). The Labute approximate surface area is 200 Å². The normalized spacial score (nSPS) is 28.3. The molecule has 0 aromatic heterocycles. The van der Waals surface area contributed by atoms with Crippen LogP contribution in [0, 0.1) is 17.3 Å². The number of hydrogen-bond donors (Lipinski definition) is 2. The molecule has 3 fully saturated rings. The minimum Gasteiger partial charge on any atom is -0.377 e. The third-order valence-corrected chi connectivity index (χ3v) is 6.67. The van der Waals surface area contributed by atoms with Crippen molar-refractivity contribution in [1.29, 1.82) is 0 Å². The number of carbonyl (C=O) groups is 1. The lowest BCUT2D eigenvalue weighted by molar-refractivity contribution is -0.134. The van der Waals surface area contributed by atoms with Crippen LogP contribution in [0.5, 0.6) is 0 Å². The maximum Gasteiger partial charge on any atom is 0.225 e. The van der Waals surface area contributed by atoms with Crippen LogP contribution in [0.25, 0.3) is 0 Å². The standard InChI is InChI=1S/C23H42N4O2.HI/c1-5-24-22(25-15-18-11-8-14-29-20(18)23(2,3)4)26-19-12-13-27(16-19)21(28)17-9-6-7-10-17;/h17-20H,5-16H2,1-4H3,(H2,24,25,26);1H. The average molecular weight is 535 g/mol. The summed E-state index contributed by atoms with van der Waals surface area (Å²) in [6.45, 7) is 13.1. The molecule has 3 aliphatic rings.